The van der Waals surface area contributed by atoms with Gasteiger partial charge >= 0.3 is 0 Å². The van der Waals surface area contributed by atoms with Crippen molar-refractivity contribution in [3.8, 4) is 23.9 Å². The molecule has 0 saturated heterocycles. The molecule has 0 aromatic heterocycles. The number of ether oxygens (including phenoxy) is 2. The number of aliphatic imine (C=N–C) groups is 2. The molecule has 0 N–H and O–H groups in total. The lowest BCUT2D eigenvalue weighted by atomic mass is 9.91. The van der Waals surface area contributed by atoms with Gasteiger partial charge in [0.2, 0.25) is 12.4 Å². The smallest absolute Gasteiger partial charge is 0.206 e. The summed E-state index contributed by atoms with van der Waals surface area (Å²) >= 11 is 6.14. The van der Waals surface area contributed by atoms with Crippen LogP contribution in [0.5, 0.6) is 11.5 Å². The summed E-state index contributed by atoms with van der Waals surface area (Å²) in [4.78, 5) is 7.47. The molecule has 7 heteroatoms. The summed E-state index contributed by atoms with van der Waals surface area (Å²) in [6.07, 6.45) is 4.89. The number of hydrogen-bond acceptors (Lipinski definition) is 6. The number of allylic oxidation sites excluding steroid dienone is 2. The Bertz CT molecular complexity index is 766. The van der Waals surface area contributed by atoms with Crippen molar-refractivity contribution in [2.75, 3.05) is 14.2 Å². The normalized spacial score (nSPS) is 16.7. The van der Waals surface area contributed by atoms with Crippen LogP contribution < -0.4 is 9.47 Å². The summed E-state index contributed by atoms with van der Waals surface area (Å²) in [5.41, 5.74) is 1.56. The van der Waals surface area contributed by atoms with E-state index in [0.717, 1.165) is 0 Å². The Hall–Kier alpha value is -2.83. The molecule has 0 spiro atoms. The van der Waals surface area contributed by atoms with E-state index in [2.05, 4.69) is 9.98 Å². The Kier molecular flexibility index (Phi) is 4.22. The van der Waals surface area contributed by atoms with E-state index >= 15 is 0 Å². The van der Waals surface area contributed by atoms with Crippen LogP contribution in [0.3, 0.4) is 0 Å². The fourth-order valence-electron chi connectivity index (χ4n) is 2.08. The molecule has 21 heavy (non-hydrogen) atoms. The summed E-state index contributed by atoms with van der Waals surface area (Å²) in [5.74, 6) is 0.933. The van der Waals surface area contributed by atoms with Crippen molar-refractivity contribution in [1.82, 2.24) is 0 Å². The molecule has 104 valence electrons. The van der Waals surface area contributed by atoms with E-state index in [1.54, 1.807) is 24.5 Å². The molecular weight excluding hydrogens is 292 g/mol. The number of rotatable bonds is 2. The summed E-state index contributed by atoms with van der Waals surface area (Å²) in [6, 6.07) is 3.35. The van der Waals surface area contributed by atoms with Crippen LogP contribution in [0.2, 0.25) is 0 Å². The van der Waals surface area contributed by atoms with E-state index in [9.17, 15) is 0 Å². The molecule has 0 fully saturated rings. The van der Waals surface area contributed by atoms with Gasteiger partial charge in [-0.2, -0.15) is 20.5 Å². The standard InChI is InChI=1S/C14H9ClN4O2/c1-20-10-3-4-11(21-2)13-12(10)9(18-6-16)5-8(15)14(13)19-7-17/h3-5H,1-2H3. The van der Waals surface area contributed by atoms with Gasteiger partial charge in [0.1, 0.15) is 17.2 Å². The average molecular weight is 301 g/mol. The second-order valence-corrected chi connectivity index (χ2v) is 4.28. The summed E-state index contributed by atoms with van der Waals surface area (Å²) in [5, 5.41) is 17.9. The Morgan fingerprint density at radius 3 is 2.10 bits per heavy atom. The highest BCUT2D eigenvalue weighted by atomic mass is 35.5. The zero-order valence-corrected chi connectivity index (χ0v) is 12.0. The maximum Gasteiger partial charge on any atom is 0.206 e. The molecule has 0 amide bonds. The fraction of sp³-hybridized carbons (Fsp3) is 0.143. The Balaban J connectivity index is 2.92. The van der Waals surface area contributed by atoms with Crippen molar-refractivity contribution < 1.29 is 9.47 Å². The lowest BCUT2D eigenvalue weighted by Gasteiger charge is -2.21. The quantitative estimate of drug-likeness (QED) is 0.784. The molecule has 6 nitrogen and oxygen atoms in total. The van der Waals surface area contributed by atoms with E-state index in [4.69, 9.17) is 31.6 Å². The minimum Gasteiger partial charge on any atom is -0.496 e. The number of benzene rings is 1. The molecule has 0 saturated carbocycles. The van der Waals surface area contributed by atoms with Crippen LogP contribution in [-0.4, -0.2) is 25.6 Å². The van der Waals surface area contributed by atoms with Crippen LogP contribution in [0.1, 0.15) is 11.1 Å². The first-order chi connectivity index (χ1) is 10.2. The van der Waals surface area contributed by atoms with E-state index in [1.165, 1.54) is 20.3 Å². The molecule has 0 bridgehead atoms. The number of nitriles is 2. The molecule has 0 unspecified atom stereocenters. The maximum absolute atomic E-state index is 8.84. The van der Waals surface area contributed by atoms with Gasteiger partial charge in [0.15, 0.2) is 0 Å². The van der Waals surface area contributed by atoms with Gasteiger partial charge in [-0.3, -0.25) is 0 Å². The largest absolute Gasteiger partial charge is 0.496 e. The number of methoxy groups -OCH3 is 2. The molecule has 0 atom stereocenters. The van der Waals surface area contributed by atoms with E-state index in [0.29, 0.717) is 28.3 Å². The second kappa shape index (κ2) is 6.08. The minimum absolute atomic E-state index is 0.199. The second-order valence-electron chi connectivity index (χ2n) is 3.87. The van der Waals surface area contributed by atoms with Gasteiger partial charge in [0.25, 0.3) is 0 Å². The third-order valence-electron chi connectivity index (χ3n) is 2.88. The van der Waals surface area contributed by atoms with E-state index in [1.807, 2.05) is 0 Å². The van der Waals surface area contributed by atoms with Crippen molar-refractivity contribution >= 4 is 23.0 Å². The maximum atomic E-state index is 8.84. The van der Waals surface area contributed by atoms with Crippen molar-refractivity contribution in [3.05, 3.63) is 34.4 Å². The topological polar surface area (TPSA) is 90.8 Å². The molecule has 0 heterocycles. The predicted octanol–water partition coefficient (Wildman–Crippen LogP) is 2.38. The Labute approximate surface area is 126 Å². The summed E-state index contributed by atoms with van der Waals surface area (Å²) in [7, 11) is 2.98. The van der Waals surface area contributed by atoms with E-state index in [-0.39, 0.29) is 10.7 Å². The molecule has 0 aliphatic heterocycles. The van der Waals surface area contributed by atoms with Crippen molar-refractivity contribution in [2.24, 2.45) is 9.98 Å². The van der Waals surface area contributed by atoms with Crippen LogP contribution in [0, 0.1) is 22.9 Å². The zero-order chi connectivity index (χ0) is 15.4. The molecule has 1 aliphatic carbocycles. The first-order valence-electron chi connectivity index (χ1n) is 5.74. The first-order valence-corrected chi connectivity index (χ1v) is 6.12. The Morgan fingerprint density at radius 2 is 1.57 bits per heavy atom. The Morgan fingerprint density at radius 1 is 1.00 bits per heavy atom. The van der Waals surface area contributed by atoms with Crippen molar-refractivity contribution in [1.29, 1.82) is 10.5 Å². The fourth-order valence-corrected chi connectivity index (χ4v) is 2.32. The van der Waals surface area contributed by atoms with Gasteiger partial charge < -0.3 is 9.47 Å². The third kappa shape index (κ3) is 2.45. The van der Waals surface area contributed by atoms with Crippen LogP contribution in [0.15, 0.2) is 33.2 Å². The lowest BCUT2D eigenvalue weighted by Crippen LogP contribution is -2.18. The third-order valence-corrected chi connectivity index (χ3v) is 3.17. The van der Waals surface area contributed by atoms with Gasteiger partial charge in [0, 0.05) is 0 Å². The lowest BCUT2D eigenvalue weighted by molar-refractivity contribution is 0.401. The molecule has 1 aromatic rings. The van der Waals surface area contributed by atoms with Gasteiger partial charge in [-0.1, -0.05) is 11.6 Å². The number of fused-ring (bicyclic) bond motifs is 1. The first kappa shape index (κ1) is 14.6. The highest BCUT2D eigenvalue weighted by molar-refractivity contribution is 6.51. The monoisotopic (exact) mass is 300 g/mol. The van der Waals surface area contributed by atoms with Gasteiger partial charge in [-0.15, -0.1) is 0 Å². The molecule has 1 aromatic carbocycles. The van der Waals surface area contributed by atoms with Gasteiger partial charge in [0.05, 0.1) is 36.1 Å². The molecular formula is C14H9ClN4O2. The van der Waals surface area contributed by atoms with Crippen LogP contribution in [0.25, 0.3) is 0 Å². The van der Waals surface area contributed by atoms with Crippen molar-refractivity contribution in [3.63, 3.8) is 0 Å². The average Bonchev–Trinajstić information content (AvgIpc) is 2.50. The predicted molar refractivity (Wildman–Crippen MR) is 77.8 cm³/mol. The minimum atomic E-state index is 0.199. The zero-order valence-electron chi connectivity index (χ0n) is 11.2. The molecule has 2 rings (SSSR count). The summed E-state index contributed by atoms with van der Waals surface area (Å²) in [6.45, 7) is 0. The van der Waals surface area contributed by atoms with Gasteiger partial charge in [-0.05, 0) is 18.2 Å². The highest BCUT2D eigenvalue weighted by Gasteiger charge is 2.29. The number of hydrogen-bond donors (Lipinski definition) is 0. The molecule has 1 aliphatic rings. The molecule has 0 radical (unpaired) electrons. The number of halogens is 1. The van der Waals surface area contributed by atoms with Crippen molar-refractivity contribution in [2.45, 2.75) is 0 Å². The van der Waals surface area contributed by atoms with E-state index < -0.39 is 0 Å². The number of nitrogens with zero attached hydrogens (tertiary/aromatic N) is 4. The van der Waals surface area contributed by atoms with Gasteiger partial charge in [-0.25, -0.2) is 0 Å². The van der Waals surface area contributed by atoms with Crippen LogP contribution in [-0.2, 0) is 0 Å². The highest BCUT2D eigenvalue weighted by Crippen LogP contribution is 2.37. The SMILES string of the molecule is COc1ccc(OC)c2c1C(=NC#N)C=C(Cl)C2=NC#N. The van der Waals surface area contributed by atoms with Crippen LogP contribution in [0.4, 0.5) is 0 Å². The van der Waals surface area contributed by atoms with Crippen LogP contribution >= 0.6 is 11.6 Å². The summed E-state index contributed by atoms with van der Waals surface area (Å²) < 4.78 is 10.6.